The van der Waals surface area contributed by atoms with Gasteiger partial charge in [0.2, 0.25) is 0 Å². The van der Waals surface area contributed by atoms with E-state index >= 15 is 0 Å². The Bertz CT molecular complexity index is 519. The molecule has 1 saturated carbocycles. The summed E-state index contributed by atoms with van der Waals surface area (Å²) in [5.74, 6) is 1.36. The highest BCUT2D eigenvalue weighted by Crippen LogP contribution is 2.47. The zero-order chi connectivity index (χ0) is 11.8. The lowest BCUT2D eigenvalue weighted by atomic mass is 10.1. The van der Waals surface area contributed by atoms with Gasteiger partial charge in [-0.1, -0.05) is 18.5 Å². The minimum atomic E-state index is 0.547. The normalized spacial score (nSPS) is 17.1. The number of thiazole rings is 1. The van der Waals surface area contributed by atoms with Crippen molar-refractivity contribution >= 4 is 22.9 Å². The molecule has 1 atom stereocenters. The Morgan fingerprint density at radius 1 is 1.47 bits per heavy atom. The highest BCUT2D eigenvalue weighted by Gasteiger charge is 2.31. The van der Waals surface area contributed by atoms with E-state index < -0.39 is 0 Å². The van der Waals surface area contributed by atoms with E-state index in [1.54, 1.807) is 17.5 Å². The highest BCUT2D eigenvalue weighted by molar-refractivity contribution is 7.15. The van der Waals surface area contributed by atoms with Crippen LogP contribution < -0.4 is 0 Å². The number of hydrogen-bond acceptors (Lipinski definition) is 3. The fourth-order valence-electron chi connectivity index (χ4n) is 2.02. The van der Waals surface area contributed by atoms with Gasteiger partial charge < -0.3 is 0 Å². The van der Waals surface area contributed by atoms with Crippen LogP contribution in [0.15, 0.2) is 24.5 Å². The van der Waals surface area contributed by atoms with E-state index in [0.29, 0.717) is 11.1 Å². The third-order valence-electron chi connectivity index (χ3n) is 3.26. The van der Waals surface area contributed by atoms with Gasteiger partial charge in [-0.2, -0.15) is 0 Å². The molecule has 1 fully saturated rings. The van der Waals surface area contributed by atoms with Crippen LogP contribution in [0.1, 0.15) is 30.6 Å². The molecule has 1 unspecified atom stereocenters. The van der Waals surface area contributed by atoms with Gasteiger partial charge in [-0.15, -0.1) is 11.3 Å². The zero-order valence-corrected chi connectivity index (χ0v) is 11.1. The van der Waals surface area contributed by atoms with Gasteiger partial charge in [0.05, 0.1) is 0 Å². The Kier molecular flexibility index (Phi) is 2.89. The molecule has 0 N–H and O–H groups in total. The van der Waals surface area contributed by atoms with Crippen molar-refractivity contribution in [2.24, 2.45) is 5.92 Å². The van der Waals surface area contributed by atoms with Crippen LogP contribution in [0, 0.1) is 5.92 Å². The summed E-state index contributed by atoms with van der Waals surface area (Å²) in [6.07, 6.45) is 6.27. The fourth-order valence-corrected chi connectivity index (χ4v) is 3.53. The zero-order valence-electron chi connectivity index (χ0n) is 9.56. The molecule has 0 amide bonds. The molecule has 4 heteroatoms. The average molecular weight is 265 g/mol. The molecule has 88 valence electrons. The first kappa shape index (κ1) is 11.2. The smallest absolute Gasteiger partial charge is 0.144 e. The highest BCUT2D eigenvalue weighted by atomic mass is 35.5. The summed E-state index contributed by atoms with van der Waals surface area (Å²) in [5, 5.41) is 1.65. The van der Waals surface area contributed by atoms with Gasteiger partial charge in [0.25, 0.3) is 0 Å². The van der Waals surface area contributed by atoms with Crippen molar-refractivity contribution in [1.82, 2.24) is 9.97 Å². The van der Waals surface area contributed by atoms with Crippen LogP contribution in [0.3, 0.4) is 0 Å². The van der Waals surface area contributed by atoms with E-state index in [1.807, 2.05) is 18.3 Å². The minimum absolute atomic E-state index is 0.547. The molecule has 0 spiro atoms. The monoisotopic (exact) mass is 264 g/mol. The van der Waals surface area contributed by atoms with Crippen LogP contribution in [0.25, 0.3) is 10.6 Å². The maximum Gasteiger partial charge on any atom is 0.144 e. The van der Waals surface area contributed by atoms with E-state index in [0.717, 1.165) is 16.5 Å². The number of hydrogen-bond donors (Lipinski definition) is 0. The lowest BCUT2D eigenvalue weighted by Crippen LogP contribution is -1.92. The number of rotatable bonds is 3. The van der Waals surface area contributed by atoms with E-state index in [1.165, 1.54) is 17.7 Å². The van der Waals surface area contributed by atoms with Crippen LogP contribution in [0.2, 0.25) is 5.15 Å². The molecular weight excluding hydrogens is 252 g/mol. The Morgan fingerprint density at radius 2 is 2.29 bits per heavy atom. The van der Waals surface area contributed by atoms with Crippen LogP contribution >= 0.6 is 22.9 Å². The van der Waals surface area contributed by atoms with Gasteiger partial charge in [0.1, 0.15) is 10.2 Å². The SMILES string of the molecule is CC(c1sc(-c2cccnc2)nc1Cl)C1CC1. The summed E-state index contributed by atoms with van der Waals surface area (Å²) in [4.78, 5) is 9.80. The Morgan fingerprint density at radius 3 is 2.94 bits per heavy atom. The van der Waals surface area contributed by atoms with Crippen molar-refractivity contribution in [3.8, 4) is 10.6 Å². The van der Waals surface area contributed by atoms with Crippen LogP contribution in [-0.4, -0.2) is 9.97 Å². The first-order valence-corrected chi connectivity index (χ1v) is 7.02. The second-order valence-electron chi connectivity index (χ2n) is 4.54. The predicted molar refractivity (Wildman–Crippen MR) is 71.5 cm³/mol. The molecule has 2 heterocycles. The fraction of sp³-hybridized carbons (Fsp3) is 0.385. The molecule has 2 nitrogen and oxygen atoms in total. The van der Waals surface area contributed by atoms with Gasteiger partial charge in [-0.05, 0) is 36.8 Å². The van der Waals surface area contributed by atoms with E-state index in [2.05, 4.69) is 16.9 Å². The predicted octanol–water partition coefficient (Wildman–Crippen LogP) is 4.37. The maximum absolute atomic E-state index is 6.24. The van der Waals surface area contributed by atoms with Crippen molar-refractivity contribution in [3.63, 3.8) is 0 Å². The summed E-state index contributed by atoms with van der Waals surface area (Å²) >= 11 is 7.95. The van der Waals surface area contributed by atoms with Gasteiger partial charge in [0.15, 0.2) is 0 Å². The van der Waals surface area contributed by atoms with Crippen molar-refractivity contribution in [2.45, 2.75) is 25.7 Å². The molecule has 17 heavy (non-hydrogen) atoms. The molecule has 0 aliphatic heterocycles. The molecule has 2 aromatic rings. The third-order valence-corrected chi connectivity index (χ3v) is 4.97. The molecule has 1 aliphatic rings. The number of nitrogens with zero attached hydrogens (tertiary/aromatic N) is 2. The standard InChI is InChI=1S/C13H13ClN2S/c1-8(9-4-5-9)11-12(14)16-13(17-11)10-3-2-6-15-7-10/h2-3,6-9H,4-5H2,1H3. The molecule has 0 aromatic carbocycles. The number of aromatic nitrogens is 2. The summed E-state index contributed by atoms with van der Waals surface area (Å²) in [5.41, 5.74) is 1.05. The largest absolute Gasteiger partial charge is 0.264 e. The summed E-state index contributed by atoms with van der Waals surface area (Å²) in [6.45, 7) is 2.25. The van der Waals surface area contributed by atoms with Crippen molar-refractivity contribution < 1.29 is 0 Å². The maximum atomic E-state index is 6.24. The molecule has 0 saturated heterocycles. The van der Waals surface area contributed by atoms with Crippen molar-refractivity contribution in [3.05, 3.63) is 34.6 Å². The second kappa shape index (κ2) is 4.39. The molecule has 0 radical (unpaired) electrons. The van der Waals surface area contributed by atoms with E-state index in [-0.39, 0.29) is 0 Å². The van der Waals surface area contributed by atoms with Crippen LogP contribution in [0.5, 0.6) is 0 Å². The lowest BCUT2D eigenvalue weighted by Gasteiger charge is -2.05. The van der Waals surface area contributed by atoms with Gasteiger partial charge in [0, 0.05) is 22.8 Å². The molecular formula is C13H13ClN2S. The summed E-state index contributed by atoms with van der Waals surface area (Å²) in [7, 11) is 0. The quantitative estimate of drug-likeness (QED) is 0.823. The van der Waals surface area contributed by atoms with Crippen molar-refractivity contribution in [1.29, 1.82) is 0 Å². The van der Waals surface area contributed by atoms with E-state index in [4.69, 9.17) is 11.6 Å². The molecule has 0 bridgehead atoms. The molecule has 2 aromatic heterocycles. The molecule has 3 rings (SSSR count). The van der Waals surface area contributed by atoms with Gasteiger partial charge in [-0.3, -0.25) is 4.98 Å². The minimum Gasteiger partial charge on any atom is -0.264 e. The lowest BCUT2D eigenvalue weighted by molar-refractivity contribution is 0.675. The Balaban J connectivity index is 1.95. The molecule has 1 aliphatic carbocycles. The first-order valence-electron chi connectivity index (χ1n) is 5.82. The van der Waals surface area contributed by atoms with E-state index in [9.17, 15) is 0 Å². The summed E-state index contributed by atoms with van der Waals surface area (Å²) < 4.78 is 0. The number of pyridine rings is 1. The third kappa shape index (κ3) is 2.22. The average Bonchev–Trinajstić information content (AvgIpc) is 3.13. The summed E-state index contributed by atoms with van der Waals surface area (Å²) in [6, 6.07) is 3.95. The Hall–Kier alpha value is -0.930. The topological polar surface area (TPSA) is 25.8 Å². The Labute approximate surface area is 110 Å². The van der Waals surface area contributed by atoms with Crippen LogP contribution in [0.4, 0.5) is 0 Å². The van der Waals surface area contributed by atoms with Crippen LogP contribution in [-0.2, 0) is 0 Å². The first-order chi connectivity index (χ1) is 8.25. The van der Waals surface area contributed by atoms with Gasteiger partial charge in [-0.25, -0.2) is 4.98 Å². The van der Waals surface area contributed by atoms with Crippen molar-refractivity contribution in [2.75, 3.05) is 0 Å². The second-order valence-corrected chi connectivity index (χ2v) is 5.93. The number of halogens is 1. The van der Waals surface area contributed by atoms with Gasteiger partial charge >= 0.3 is 0 Å².